The third kappa shape index (κ3) is 5.53. The van der Waals surface area contributed by atoms with Crippen molar-refractivity contribution in [1.29, 1.82) is 0 Å². The largest absolute Gasteiger partial charge is 0.454 e. The Bertz CT molecular complexity index is 1020. The van der Waals surface area contributed by atoms with Gasteiger partial charge in [0.05, 0.1) is 5.56 Å². The van der Waals surface area contributed by atoms with Gasteiger partial charge in [0.25, 0.3) is 0 Å². The van der Waals surface area contributed by atoms with Gasteiger partial charge in [0.15, 0.2) is 12.4 Å². The Balaban J connectivity index is 1.60. The van der Waals surface area contributed by atoms with Crippen molar-refractivity contribution in [2.24, 2.45) is 0 Å². The van der Waals surface area contributed by atoms with Gasteiger partial charge in [0.1, 0.15) is 5.75 Å². The first-order chi connectivity index (χ1) is 13.9. The van der Waals surface area contributed by atoms with Gasteiger partial charge in [-0.1, -0.05) is 35.9 Å². The third-order valence-electron chi connectivity index (χ3n) is 4.07. The molecule has 0 N–H and O–H groups in total. The summed E-state index contributed by atoms with van der Waals surface area (Å²) in [6, 6.07) is 20.2. The van der Waals surface area contributed by atoms with E-state index in [1.54, 1.807) is 60.7 Å². The molecule has 3 rings (SSSR count). The van der Waals surface area contributed by atoms with Crippen LogP contribution in [0.4, 0.5) is 0 Å². The Morgan fingerprint density at radius 1 is 0.759 bits per heavy atom. The number of carbonyl (C=O) groups excluding carboxylic acids is 3. The fraction of sp³-hybridized carbons (Fsp3) is 0.0870. The second-order valence-corrected chi connectivity index (χ2v) is 6.64. The molecule has 0 heterocycles. The average Bonchev–Trinajstić information content (AvgIpc) is 2.72. The van der Waals surface area contributed by atoms with E-state index in [1.807, 2.05) is 12.1 Å². The molecule has 3 aromatic rings. The number of rotatable bonds is 6. The molecule has 0 saturated heterocycles. The van der Waals surface area contributed by atoms with E-state index in [0.29, 0.717) is 21.9 Å². The predicted octanol–water partition coefficient (Wildman–Crippen LogP) is 4.97. The number of carbonyl (C=O) groups is 3. The lowest BCUT2D eigenvalue weighted by atomic mass is 10.0. The molecule has 0 aromatic heterocycles. The minimum absolute atomic E-state index is 0.306. The zero-order valence-corrected chi connectivity index (χ0v) is 16.3. The van der Waals surface area contributed by atoms with Gasteiger partial charge >= 0.3 is 11.9 Å². The fourth-order valence-corrected chi connectivity index (χ4v) is 2.74. The van der Waals surface area contributed by atoms with Crippen LogP contribution in [-0.2, 0) is 9.53 Å². The highest BCUT2D eigenvalue weighted by atomic mass is 35.5. The summed E-state index contributed by atoms with van der Waals surface area (Å²) in [4.78, 5) is 35.2. The highest BCUT2D eigenvalue weighted by Gasteiger charge is 2.12. The molecular formula is C23H17ClO5. The molecule has 0 saturated carbocycles. The second-order valence-electron chi connectivity index (χ2n) is 6.20. The first-order valence-corrected chi connectivity index (χ1v) is 9.15. The van der Waals surface area contributed by atoms with Gasteiger partial charge in [-0.3, -0.25) is 9.59 Å². The van der Waals surface area contributed by atoms with E-state index in [1.165, 1.54) is 6.92 Å². The molecule has 0 radical (unpaired) electrons. The van der Waals surface area contributed by atoms with Crippen LogP contribution in [-0.4, -0.2) is 24.3 Å². The zero-order valence-electron chi connectivity index (χ0n) is 15.6. The molecule has 0 aliphatic carbocycles. The van der Waals surface area contributed by atoms with Crippen LogP contribution in [0, 0.1) is 0 Å². The Morgan fingerprint density at radius 3 is 1.83 bits per heavy atom. The lowest BCUT2D eigenvalue weighted by Crippen LogP contribution is -2.14. The molecule has 29 heavy (non-hydrogen) atoms. The monoisotopic (exact) mass is 408 g/mol. The first kappa shape index (κ1) is 20.3. The lowest BCUT2D eigenvalue weighted by Gasteiger charge is -2.07. The zero-order chi connectivity index (χ0) is 20.8. The molecule has 146 valence electrons. The molecule has 0 unspecified atom stereocenters. The number of halogens is 1. The van der Waals surface area contributed by atoms with Crippen LogP contribution >= 0.6 is 11.6 Å². The van der Waals surface area contributed by atoms with Crippen LogP contribution in [0.3, 0.4) is 0 Å². The van der Waals surface area contributed by atoms with Crippen molar-refractivity contribution in [3.63, 3.8) is 0 Å². The van der Waals surface area contributed by atoms with Gasteiger partial charge in [0, 0.05) is 17.5 Å². The summed E-state index contributed by atoms with van der Waals surface area (Å²) in [6.45, 7) is 0.995. The van der Waals surface area contributed by atoms with E-state index < -0.39 is 5.97 Å². The van der Waals surface area contributed by atoms with Gasteiger partial charge < -0.3 is 9.47 Å². The minimum atomic E-state index is -0.580. The predicted molar refractivity (Wildman–Crippen MR) is 109 cm³/mol. The molecule has 0 bridgehead atoms. The fourth-order valence-electron chi connectivity index (χ4n) is 2.61. The number of hydrogen-bond donors (Lipinski definition) is 0. The molecule has 0 amide bonds. The van der Waals surface area contributed by atoms with Gasteiger partial charge in [-0.25, -0.2) is 4.79 Å². The van der Waals surface area contributed by atoms with Crippen LogP contribution in [0.15, 0.2) is 72.8 Å². The maximum absolute atomic E-state index is 12.2. The van der Waals surface area contributed by atoms with Gasteiger partial charge in [0.2, 0.25) is 0 Å². The normalized spacial score (nSPS) is 10.3. The molecule has 6 heteroatoms. The lowest BCUT2D eigenvalue weighted by molar-refractivity contribution is -0.131. The molecule has 5 nitrogen and oxygen atoms in total. The number of esters is 2. The average molecular weight is 409 g/mol. The molecule has 0 atom stereocenters. The van der Waals surface area contributed by atoms with Crippen LogP contribution in [0.1, 0.15) is 27.6 Å². The summed E-state index contributed by atoms with van der Waals surface area (Å²) in [5.74, 6) is -0.800. The van der Waals surface area contributed by atoms with Crippen LogP contribution in [0.25, 0.3) is 11.1 Å². The summed E-state index contributed by atoms with van der Waals surface area (Å²) in [6.07, 6.45) is 0. The van der Waals surface area contributed by atoms with Crippen molar-refractivity contribution in [1.82, 2.24) is 0 Å². The second kappa shape index (κ2) is 9.17. The standard InChI is InChI=1S/C23H17ClO5/c1-15(25)29-21-12-8-17(9-13-21)16-2-4-19(5-3-16)23(27)28-14-22(26)18-6-10-20(24)11-7-18/h2-13H,14H2,1H3. The number of ether oxygens (including phenoxy) is 2. The first-order valence-electron chi connectivity index (χ1n) is 8.77. The van der Waals surface area contributed by atoms with Crippen LogP contribution in [0.5, 0.6) is 5.75 Å². The molecule has 3 aromatic carbocycles. The van der Waals surface area contributed by atoms with Crippen molar-refractivity contribution >= 4 is 29.3 Å². The van der Waals surface area contributed by atoms with Crippen molar-refractivity contribution in [2.45, 2.75) is 6.92 Å². The van der Waals surface area contributed by atoms with Crippen molar-refractivity contribution in [2.75, 3.05) is 6.61 Å². The van der Waals surface area contributed by atoms with Gasteiger partial charge in [-0.2, -0.15) is 0 Å². The molecular weight excluding hydrogens is 392 g/mol. The summed E-state index contributed by atoms with van der Waals surface area (Å²) in [5, 5.41) is 0.527. The Hall–Kier alpha value is -3.44. The maximum Gasteiger partial charge on any atom is 0.338 e. The van der Waals surface area contributed by atoms with Crippen LogP contribution in [0.2, 0.25) is 5.02 Å². The highest BCUT2D eigenvalue weighted by Crippen LogP contribution is 2.23. The maximum atomic E-state index is 12.2. The van der Waals surface area contributed by atoms with Crippen molar-refractivity contribution in [3.05, 3.63) is 88.9 Å². The van der Waals surface area contributed by atoms with E-state index in [2.05, 4.69) is 0 Å². The summed E-state index contributed by atoms with van der Waals surface area (Å²) >= 11 is 5.79. The van der Waals surface area contributed by atoms with Gasteiger partial charge in [-0.15, -0.1) is 0 Å². The Labute approximate surface area is 172 Å². The Kier molecular flexibility index (Phi) is 6.42. The molecule has 0 aliphatic heterocycles. The Morgan fingerprint density at radius 2 is 1.28 bits per heavy atom. The topological polar surface area (TPSA) is 69.7 Å². The van der Waals surface area contributed by atoms with Crippen LogP contribution < -0.4 is 4.74 Å². The molecule has 0 fully saturated rings. The van der Waals surface area contributed by atoms with E-state index in [-0.39, 0.29) is 18.4 Å². The third-order valence-corrected chi connectivity index (χ3v) is 4.32. The SMILES string of the molecule is CC(=O)Oc1ccc(-c2ccc(C(=O)OCC(=O)c3ccc(Cl)cc3)cc2)cc1. The number of benzene rings is 3. The smallest absolute Gasteiger partial charge is 0.338 e. The summed E-state index contributed by atoms with van der Waals surface area (Å²) < 4.78 is 10.1. The summed E-state index contributed by atoms with van der Waals surface area (Å²) in [5.41, 5.74) is 2.55. The van der Waals surface area contributed by atoms with E-state index >= 15 is 0 Å². The number of ketones is 1. The van der Waals surface area contributed by atoms with Crippen molar-refractivity contribution < 1.29 is 23.9 Å². The van der Waals surface area contributed by atoms with Gasteiger partial charge in [-0.05, 0) is 59.7 Å². The van der Waals surface area contributed by atoms with E-state index in [9.17, 15) is 14.4 Å². The number of Topliss-reactive ketones (excluding diaryl/α,β-unsaturated/α-hetero) is 1. The van der Waals surface area contributed by atoms with Crippen molar-refractivity contribution in [3.8, 4) is 16.9 Å². The quantitative estimate of drug-likeness (QED) is 0.327. The number of hydrogen-bond acceptors (Lipinski definition) is 5. The summed E-state index contributed by atoms with van der Waals surface area (Å²) in [7, 11) is 0. The van der Waals surface area contributed by atoms with E-state index in [0.717, 1.165) is 11.1 Å². The minimum Gasteiger partial charge on any atom is -0.454 e. The highest BCUT2D eigenvalue weighted by molar-refractivity contribution is 6.30. The molecule has 0 spiro atoms. The molecule has 0 aliphatic rings. The van der Waals surface area contributed by atoms with E-state index in [4.69, 9.17) is 21.1 Å².